The average Bonchev–Trinajstić information content (AvgIpc) is 2.54. The van der Waals surface area contributed by atoms with Gasteiger partial charge in [0.15, 0.2) is 17.9 Å². The van der Waals surface area contributed by atoms with Crippen LogP contribution in [0.15, 0.2) is 87.8 Å². The smallest absolute Gasteiger partial charge is 0.255 e. The normalized spacial score (nSPS) is 11.6. The standard InChI is InChI=1S/C57H80N18O12/c1-32(76)69-33-15-19-45(85-3)38(28-33)49(78)73-42(13-10-26-67-56(61)62)53(82)71-35-17-21-47(87-5)40(30-35)51(80)75-43(14-11-27-68-57(63)64)54(83)72-36-18-22-46(86-4)39(31-36)50(79)74-41(12-9-25-66-55(59)60)52(81)70-34-16-20-44(84-2)37(29-34)48(77)65-24-8-6-7-23-58/h15-22,28-31,41-43H,6-14,23-27,58H2,1-5H3,(H,65,77)(H,69,76)(H,70,81)(H,71,82)(H,72,83)(H,73,78)(H,74,79)(H,75,80)(H4,59,60,66)(H4,61,62,67)(H4,63,64,68)/t41-,42-,43-/m1/s1. The fourth-order valence-electron chi connectivity index (χ4n) is 8.51. The van der Waals surface area contributed by atoms with E-state index in [-0.39, 0.29) is 144 Å². The van der Waals surface area contributed by atoms with Crippen LogP contribution < -0.4 is 102 Å². The van der Waals surface area contributed by atoms with E-state index in [0.717, 1.165) is 12.8 Å². The number of nitrogens with one attached hydrogen (secondary N) is 8. The van der Waals surface area contributed by atoms with Gasteiger partial charge in [-0.2, -0.15) is 0 Å². The van der Waals surface area contributed by atoms with Crippen molar-refractivity contribution < 1.29 is 57.3 Å². The van der Waals surface area contributed by atoms with E-state index in [1.54, 1.807) is 6.07 Å². The molecular formula is C57H80N18O12. The minimum atomic E-state index is -1.30. The molecule has 30 heteroatoms. The Morgan fingerprint density at radius 2 is 0.713 bits per heavy atom. The molecule has 0 spiro atoms. The minimum absolute atomic E-state index is 0.0127. The van der Waals surface area contributed by atoms with Gasteiger partial charge in [0.1, 0.15) is 41.1 Å². The van der Waals surface area contributed by atoms with Crippen molar-refractivity contribution in [3.05, 3.63) is 95.1 Å². The van der Waals surface area contributed by atoms with Crippen molar-refractivity contribution in [3.8, 4) is 23.0 Å². The molecule has 0 aliphatic carbocycles. The molecule has 4 aromatic rings. The van der Waals surface area contributed by atoms with Crippen molar-refractivity contribution in [2.75, 3.05) is 82.4 Å². The van der Waals surface area contributed by atoms with Crippen LogP contribution in [0.4, 0.5) is 22.7 Å². The van der Waals surface area contributed by atoms with Crippen LogP contribution in [0.3, 0.4) is 0 Å². The monoisotopic (exact) mass is 1210 g/mol. The number of unbranched alkanes of at least 4 members (excludes halogenated alkanes) is 2. The number of nitrogens with zero attached hydrogens (tertiary/aromatic N) is 3. The Balaban J connectivity index is 1.61. The largest absolute Gasteiger partial charge is 0.496 e. The maximum atomic E-state index is 14.3. The van der Waals surface area contributed by atoms with Gasteiger partial charge >= 0.3 is 0 Å². The highest BCUT2D eigenvalue weighted by atomic mass is 16.5. The lowest BCUT2D eigenvalue weighted by atomic mass is 10.1. The first-order valence-electron chi connectivity index (χ1n) is 27.6. The summed E-state index contributed by atoms with van der Waals surface area (Å²) in [6.45, 7) is 2.54. The molecule has 4 rings (SSSR count). The molecule has 87 heavy (non-hydrogen) atoms. The van der Waals surface area contributed by atoms with Crippen LogP contribution in [0.25, 0.3) is 0 Å². The number of anilines is 4. The van der Waals surface area contributed by atoms with Gasteiger partial charge in [-0.1, -0.05) is 6.42 Å². The van der Waals surface area contributed by atoms with Gasteiger partial charge in [-0.25, -0.2) is 0 Å². The average molecular weight is 1210 g/mol. The number of ether oxygens (including phenoxy) is 4. The fraction of sp³-hybridized carbons (Fsp3) is 0.386. The molecule has 8 amide bonds. The SMILES string of the molecule is COc1ccc(NC(=O)[C@@H](CCCN=C(N)N)NC(=O)c2cc(NC(=O)[C@@H](CCCN=C(N)N)NC(=O)c3cc(NC(=O)[C@@H](CCCN=C(N)N)NC(=O)c4cc(NC(C)=O)ccc4OC)ccc3OC)ccc2OC)cc1C(=O)NCCCCCN. The first kappa shape index (κ1) is 69.1. The molecule has 0 fully saturated rings. The number of hydrogen-bond acceptors (Lipinski definition) is 16. The Kier molecular flexibility index (Phi) is 28.3. The molecule has 3 atom stereocenters. The van der Waals surface area contributed by atoms with E-state index < -0.39 is 59.5 Å². The number of guanidine groups is 3. The zero-order valence-electron chi connectivity index (χ0n) is 49.3. The quantitative estimate of drug-likeness (QED) is 0.0173. The van der Waals surface area contributed by atoms with Crippen LogP contribution >= 0.6 is 0 Å². The number of benzene rings is 4. The van der Waals surface area contributed by atoms with Crippen LogP contribution in [0, 0.1) is 0 Å². The number of amides is 8. The summed E-state index contributed by atoms with van der Waals surface area (Å²) >= 11 is 0. The van der Waals surface area contributed by atoms with Crippen molar-refractivity contribution >= 4 is 87.9 Å². The fourth-order valence-corrected chi connectivity index (χ4v) is 8.51. The number of methoxy groups -OCH3 is 4. The van der Waals surface area contributed by atoms with Gasteiger partial charge in [0.25, 0.3) is 23.6 Å². The van der Waals surface area contributed by atoms with E-state index in [9.17, 15) is 38.4 Å². The molecule has 0 radical (unpaired) electrons. The second kappa shape index (κ2) is 35.7. The second-order valence-corrected chi connectivity index (χ2v) is 19.3. The van der Waals surface area contributed by atoms with Crippen molar-refractivity contribution in [2.24, 2.45) is 55.1 Å². The molecule has 22 N–H and O–H groups in total. The molecule has 0 bridgehead atoms. The summed E-state index contributed by atoms with van der Waals surface area (Å²) in [5.41, 5.74) is 39.5. The van der Waals surface area contributed by atoms with Crippen LogP contribution in [0.5, 0.6) is 23.0 Å². The Labute approximate surface area is 503 Å². The minimum Gasteiger partial charge on any atom is -0.496 e. The molecule has 0 aromatic heterocycles. The number of aliphatic imine (C=N–C) groups is 3. The van der Waals surface area contributed by atoms with Gasteiger partial charge in [-0.05, 0) is 131 Å². The van der Waals surface area contributed by atoms with Gasteiger partial charge < -0.3 is 102 Å². The van der Waals surface area contributed by atoms with Crippen LogP contribution in [0.2, 0.25) is 0 Å². The number of rotatable bonds is 35. The Bertz CT molecular complexity index is 3140. The van der Waals surface area contributed by atoms with Gasteiger partial charge in [0.2, 0.25) is 23.6 Å². The van der Waals surface area contributed by atoms with E-state index in [0.29, 0.717) is 25.2 Å². The summed E-state index contributed by atoms with van der Waals surface area (Å²) in [5.74, 6) is -5.26. The number of carbonyl (C=O) groups is 8. The first-order valence-corrected chi connectivity index (χ1v) is 27.6. The molecule has 0 aliphatic heterocycles. The predicted molar refractivity (Wildman–Crippen MR) is 331 cm³/mol. The third-order valence-electron chi connectivity index (χ3n) is 12.8. The summed E-state index contributed by atoms with van der Waals surface area (Å²) in [4.78, 5) is 122. The van der Waals surface area contributed by atoms with Crippen LogP contribution in [-0.2, 0) is 19.2 Å². The molecular weight excluding hydrogens is 1130 g/mol. The first-order chi connectivity index (χ1) is 41.6. The summed E-state index contributed by atoms with van der Waals surface area (Å²) in [6.07, 6.45) is 3.07. The molecule has 30 nitrogen and oxygen atoms in total. The third kappa shape index (κ3) is 22.9. The summed E-state index contributed by atoms with van der Waals surface area (Å²) in [5, 5.41) is 21.9. The van der Waals surface area contributed by atoms with E-state index in [1.165, 1.54) is 102 Å². The lowest BCUT2D eigenvalue weighted by Gasteiger charge is -2.21. The third-order valence-corrected chi connectivity index (χ3v) is 12.8. The van der Waals surface area contributed by atoms with Crippen molar-refractivity contribution in [1.82, 2.24) is 21.3 Å². The molecule has 0 aliphatic rings. The van der Waals surface area contributed by atoms with E-state index in [2.05, 4.69) is 57.5 Å². The van der Waals surface area contributed by atoms with E-state index in [1.807, 2.05) is 0 Å². The van der Waals surface area contributed by atoms with Gasteiger partial charge in [0.05, 0.1) is 50.7 Å². The van der Waals surface area contributed by atoms with Gasteiger partial charge in [-0.15, -0.1) is 0 Å². The maximum Gasteiger partial charge on any atom is 0.255 e. The van der Waals surface area contributed by atoms with Crippen molar-refractivity contribution in [2.45, 2.75) is 82.8 Å². The van der Waals surface area contributed by atoms with E-state index >= 15 is 0 Å². The van der Waals surface area contributed by atoms with E-state index in [4.69, 9.17) is 59.1 Å². The van der Waals surface area contributed by atoms with Crippen molar-refractivity contribution in [3.63, 3.8) is 0 Å². The molecule has 0 unspecified atom stereocenters. The Morgan fingerprint density at radius 3 is 0.989 bits per heavy atom. The summed E-state index contributed by atoms with van der Waals surface area (Å²) in [7, 11) is 5.39. The predicted octanol–water partition coefficient (Wildman–Crippen LogP) is 0.910. The van der Waals surface area contributed by atoms with Gasteiger partial charge in [0, 0.05) is 55.9 Å². The highest BCUT2D eigenvalue weighted by Crippen LogP contribution is 2.28. The van der Waals surface area contributed by atoms with Crippen LogP contribution in [0.1, 0.15) is 106 Å². The highest BCUT2D eigenvalue weighted by molar-refractivity contribution is 6.07. The molecule has 470 valence electrons. The summed E-state index contributed by atoms with van der Waals surface area (Å²) in [6, 6.07) is 13.5. The lowest BCUT2D eigenvalue weighted by molar-refractivity contribution is -0.118. The maximum absolute atomic E-state index is 14.3. The van der Waals surface area contributed by atoms with Crippen molar-refractivity contribution in [1.29, 1.82) is 0 Å². The highest BCUT2D eigenvalue weighted by Gasteiger charge is 2.29. The van der Waals surface area contributed by atoms with Gasteiger partial charge in [-0.3, -0.25) is 53.3 Å². The number of nitrogens with two attached hydrogens (primary N) is 7. The number of carbonyl (C=O) groups excluding carboxylic acids is 8. The molecule has 4 aromatic carbocycles. The molecule has 0 heterocycles. The Hall–Kier alpha value is -10.4. The lowest BCUT2D eigenvalue weighted by Crippen LogP contribution is -2.44. The molecule has 0 saturated carbocycles. The zero-order chi connectivity index (χ0) is 64.0. The second-order valence-electron chi connectivity index (χ2n) is 19.3. The Morgan fingerprint density at radius 1 is 0.414 bits per heavy atom. The van der Waals surface area contributed by atoms with Crippen LogP contribution in [-0.4, -0.2) is 144 Å². The number of hydrogen-bond donors (Lipinski definition) is 15. The summed E-state index contributed by atoms with van der Waals surface area (Å²) < 4.78 is 21.9. The topological polar surface area (TPSA) is 489 Å². The molecule has 0 saturated heterocycles. The zero-order valence-corrected chi connectivity index (χ0v) is 49.3.